The van der Waals surface area contributed by atoms with E-state index in [1.807, 2.05) is 0 Å². The number of carbonyl (C=O) groups is 1. The summed E-state index contributed by atoms with van der Waals surface area (Å²) in [7, 11) is -4.37. The second-order valence-corrected chi connectivity index (χ2v) is 6.06. The van der Waals surface area contributed by atoms with Crippen molar-refractivity contribution in [2.45, 2.75) is 11.1 Å². The largest absolute Gasteiger partial charge is 0.480 e. The monoisotopic (exact) mass is 316 g/mol. The van der Waals surface area contributed by atoms with Crippen molar-refractivity contribution in [3.05, 3.63) is 28.4 Å². The van der Waals surface area contributed by atoms with Gasteiger partial charge < -0.3 is 10.4 Å². The number of hydrogen-bond donors (Lipinski definition) is 2. The van der Waals surface area contributed by atoms with E-state index in [4.69, 9.17) is 5.11 Å². The molecular weight excluding hydrogens is 304 g/mol. The highest BCUT2D eigenvalue weighted by Crippen LogP contribution is 2.25. The minimum atomic E-state index is -4.37. The van der Waals surface area contributed by atoms with E-state index in [1.54, 1.807) is 0 Å². The molecule has 0 aromatic carbocycles. The first-order chi connectivity index (χ1) is 9.85. The zero-order valence-electron chi connectivity index (χ0n) is 10.7. The summed E-state index contributed by atoms with van der Waals surface area (Å²) in [4.78, 5) is 24.8. The topological polar surface area (TPSA) is 143 Å². The van der Waals surface area contributed by atoms with Crippen molar-refractivity contribution in [2.24, 2.45) is 0 Å². The highest BCUT2D eigenvalue weighted by atomic mass is 32.2. The van der Waals surface area contributed by atoms with Crippen LogP contribution in [0.15, 0.2) is 23.4 Å². The maximum absolute atomic E-state index is 12.5. The van der Waals surface area contributed by atoms with Crippen LogP contribution in [-0.2, 0) is 14.8 Å². The summed E-state index contributed by atoms with van der Waals surface area (Å²) in [6.07, 6.45) is 1.11. The second kappa shape index (κ2) is 5.71. The molecule has 2 N–H and O–H groups in total. The molecular formula is C10H12N4O6S. The Hall–Kier alpha value is -2.11. The number of carboxylic acids is 1. The number of carboxylic acid groups (broad SMARTS) is 1. The number of nitrogens with zero attached hydrogens (tertiary/aromatic N) is 3. The van der Waals surface area contributed by atoms with E-state index in [0.29, 0.717) is 0 Å². The molecule has 1 aromatic heterocycles. The van der Waals surface area contributed by atoms with Gasteiger partial charge >= 0.3 is 11.7 Å². The van der Waals surface area contributed by atoms with E-state index in [-0.39, 0.29) is 19.6 Å². The molecule has 2 rings (SSSR count). The lowest BCUT2D eigenvalue weighted by atomic mass is 10.2. The lowest BCUT2D eigenvalue weighted by Gasteiger charge is -2.31. The number of piperazine rings is 1. The van der Waals surface area contributed by atoms with E-state index in [1.165, 1.54) is 6.07 Å². The maximum atomic E-state index is 12.5. The zero-order chi connectivity index (χ0) is 15.6. The predicted molar refractivity (Wildman–Crippen MR) is 69.1 cm³/mol. The van der Waals surface area contributed by atoms with Crippen molar-refractivity contribution in [1.29, 1.82) is 0 Å². The van der Waals surface area contributed by atoms with E-state index in [9.17, 15) is 23.3 Å². The Balaban J connectivity index is 2.51. The predicted octanol–water partition coefficient (Wildman–Crippen LogP) is -0.963. The average Bonchev–Trinajstić information content (AvgIpc) is 2.47. The molecule has 1 fully saturated rings. The molecule has 0 aliphatic carbocycles. The van der Waals surface area contributed by atoms with Crippen LogP contribution in [0.4, 0.5) is 5.69 Å². The first kappa shape index (κ1) is 15.3. The summed E-state index contributed by atoms with van der Waals surface area (Å²) in [5.41, 5.74) is -0.680. The molecule has 1 aliphatic rings. The molecule has 11 heteroatoms. The Bertz CT molecular complexity index is 676. The number of sulfonamides is 1. The van der Waals surface area contributed by atoms with Gasteiger partial charge in [-0.3, -0.25) is 14.9 Å². The number of aliphatic carboxylic acids is 1. The van der Waals surface area contributed by atoms with Gasteiger partial charge in [-0.2, -0.15) is 4.31 Å². The molecule has 10 nitrogen and oxygen atoms in total. The Kier molecular flexibility index (Phi) is 4.16. The van der Waals surface area contributed by atoms with Gasteiger partial charge in [-0.15, -0.1) is 0 Å². The summed E-state index contributed by atoms with van der Waals surface area (Å²) in [5, 5.41) is 22.0. The van der Waals surface area contributed by atoms with Gasteiger partial charge in [0.05, 0.1) is 4.92 Å². The van der Waals surface area contributed by atoms with Crippen molar-refractivity contribution in [3.63, 3.8) is 0 Å². The van der Waals surface area contributed by atoms with Gasteiger partial charge in [-0.1, -0.05) is 0 Å². The van der Waals surface area contributed by atoms with Crippen molar-refractivity contribution in [3.8, 4) is 0 Å². The molecule has 1 saturated heterocycles. The smallest absolute Gasteiger partial charge is 0.323 e. The maximum Gasteiger partial charge on any atom is 0.323 e. The Morgan fingerprint density at radius 2 is 2.29 bits per heavy atom. The number of nitro groups is 1. The van der Waals surface area contributed by atoms with Crippen LogP contribution in [0.3, 0.4) is 0 Å². The molecule has 1 atom stereocenters. The molecule has 0 saturated carbocycles. The second-order valence-electron chi connectivity index (χ2n) is 4.26. The third kappa shape index (κ3) is 2.84. The van der Waals surface area contributed by atoms with E-state index in [2.05, 4.69) is 10.3 Å². The van der Waals surface area contributed by atoms with Gasteiger partial charge in [0.15, 0.2) is 0 Å². The quantitative estimate of drug-likeness (QED) is 0.534. The van der Waals surface area contributed by atoms with Crippen LogP contribution in [0.25, 0.3) is 0 Å². The van der Waals surface area contributed by atoms with Crippen molar-refractivity contribution in [1.82, 2.24) is 14.6 Å². The summed E-state index contributed by atoms with van der Waals surface area (Å²) in [6.45, 7) is 0.0753. The van der Waals surface area contributed by atoms with Gasteiger partial charge in [0.2, 0.25) is 5.03 Å². The van der Waals surface area contributed by atoms with Gasteiger partial charge in [0.25, 0.3) is 10.0 Å². The van der Waals surface area contributed by atoms with E-state index in [0.717, 1.165) is 16.6 Å². The van der Waals surface area contributed by atoms with Crippen molar-refractivity contribution in [2.75, 3.05) is 19.6 Å². The van der Waals surface area contributed by atoms with Gasteiger partial charge in [0, 0.05) is 31.9 Å². The average molecular weight is 316 g/mol. The Morgan fingerprint density at radius 3 is 2.90 bits per heavy atom. The molecule has 0 spiro atoms. The summed E-state index contributed by atoms with van der Waals surface area (Å²) in [5.74, 6) is -1.33. The van der Waals surface area contributed by atoms with Crippen LogP contribution < -0.4 is 5.32 Å². The van der Waals surface area contributed by atoms with Gasteiger partial charge in [-0.25, -0.2) is 13.4 Å². The van der Waals surface area contributed by atoms with E-state index < -0.39 is 37.7 Å². The highest BCUT2D eigenvalue weighted by Gasteiger charge is 2.41. The summed E-state index contributed by atoms with van der Waals surface area (Å²) >= 11 is 0. The lowest BCUT2D eigenvalue weighted by Crippen LogP contribution is -2.56. The number of aromatic nitrogens is 1. The van der Waals surface area contributed by atoms with Crippen LogP contribution in [0.2, 0.25) is 0 Å². The number of rotatable bonds is 4. The van der Waals surface area contributed by atoms with Gasteiger partial charge in [0.1, 0.15) is 6.04 Å². The molecule has 2 heterocycles. The minimum Gasteiger partial charge on any atom is -0.480 e. The Labute approximate surface area is 119 Å². The van der Waals surface area contributed by atoms with Crippen LogP contribution in [0, 0.1) is 10.1 Å². The minimum absolute atomic E-state index is 0.0742. The highest BCUT2D eigenvalue weighted by molar-refractivity contribution is 7.89. The summed E-state index contributed by atoms with van der Waals surface area (Å²) < 4.78 is 25.7. The number of nitrogens with one attached hydrogen (secondary N) is 1. The third-order valence-corrected chi connectivity index (χ3v) is 4.84. The zero-order valence-corrected chi connectivity index (χ0v) is 11.5. The van der Waals surface area contributed by atoms with Crippen molar-refractivity contribution >= 4 is 21.7 Å². The van der Waals surface area contributed by atoms with Crippen LogP contribution in [-0.4, -0.2) is 59.4 Å². The standard InChI is InChI=1S/C10H12N4O6S/c15-10(16)8-6-11-4-5-13(8)21(19,20)9-7(14(17)18)2-1-3-12-9/h1-3,8,11H,4-6H2,(H,15,16). The molecule has 21 heavy (non-hydrogen) atoms. The van der Waals surface area contributed by atoms with Crippen molar-refractivity contribution < 1.29 is 23.2 Å². The molecule has 1 unspecified atom stereocenters. The van der Waals surface area contributed by atoms with Crippen LogP contribution >= 0.6 is 0 Å². The molecule has 1 aliphatic heterocycles. The normalized spacial score (nSPS) is 20.1. The molecule has 0 amide bonds. The SMILES string of the molecule is O=C(O)C1CNCCN1S(=O)(=O)c1ncccc1[N+](=O)[O-]. The molecule has 114 valence electrons. The van der Waals surface area contributed by atoms with Crippen LogP contribution in [0.1, 0.15) is 0 Å². The molecule has 0 radical (unpaired) electrons. The lowest BCUT2D eigenvalue weighted by molar-refractivity contribution is -0.388. The number of pyridine rings is 1. The van der Waals surface area contributed by atoms with Gasteiger partial charge in [-0.05, 0) is 6.07 Å². The molecule has 0 bridgehead atoms. The van der Waals surface area contributed by atoms with E-state index >= 15 is 0 Å². The third-order valence-electron chi connectivity index (χ3n) is 2.98. The Morgan fingerprint density at radius 1 is 1.57 bits per heavy atom. The fourth-order valence-corrected chi connectivity index (χ4v) is 3.67. The fourth-order valence-electron chi connectivity index (χ4n) is 2.01. The number of hydrogen-bond acceptors (Lipinski definition) is 7. The summed E-state index contributed by atoms with van der Waals surface area (Å²) in [6, 6.07) is 0.923. The first-order valence-electron chi connectivity index (χ1n) is 5.90. The molecule has 1 aromatic rings. The fraction of sp³-hybridized carbons (Fsp3) is 0.400. The first-order valence-corrected chi connectivity index (χ1v) is 7.34. The van der Waals surface area contributed by atoms with Crippen LogP contribution in [0.5, 0.6) is 0 Å².